The molecule has 1 atom stereocenters. The average molecular weight is 413 g/mol. The van der Waals surface area contributed by atoms with E-state index in [1.54, 1.807) is 24.6 Å². The third-order valence-electron chi connectivity index (χ3n) is 4.98. The summed E-state index contributed by atoms with van der Waals surface area (Å²) in [6, 6.07) is 7.26. The van der Waals surface area contributed by atoms with Crippen molar-refractivity contribution in [2.75, 3.05) is 18.5 Å². The summed E-state index contributed by atoms with van der Waals surface area (Å²) in [6.07, 6.45) is 4.46. The molecule has 7 nitrogen and oxygen atoms in total. The third-order valence-corrected chi connectivity index (χ3v) is 5.98. The Kier molecular flexibility index (Phi) is 6.03. The highest BCUT2D eigenvalue weighted by molar-refractivity contribution is 7.18. The van der Waals surface area contributed by atoms with E-state index in [0.29, 0.717) is 53.1 Å². The van der Waals surface area contributed by atoms with E-state index in [9.17, 15) is 9.90 Å². The molecule has 8 heteroatoms. The van der Waals surface area contributed by atoms with Gasteiger partial charge in [-0.3, -0.25) is 9.78 Å². The van der Waals surface area contributed by atoms with Gasteiger partial charge in [0.1, 0.15) is 10.6 Å². The van der Waals surface area contributed by atoms with E-state index in [2.05, 4.69) is 15.3 Å². The number of rotatable bonds is 7. The van der Waals surface area contributed by atoms with Crippen LogP contribution in [0.2, 0.25) is 0 Å². The van der Waals surface area contributed by atoms with Crippen LogP contribution in [0.15, 0.2) is 41.1 Å². The zero-order chi connectivity index (χ0) is 20.2. The summed E-state index contributed by atoms with van der Waals surface area (Å²) in [5, 5.41) is 14.0. The van der Waals surface area contributed by atoms with Crippen LogP contribution in [0.3, 0.4) is 0 Å². The maximum Gasteiger partial charge on any atom is 0.186 e. The quantitative estimate of drug-likeness (QED) is 0.445. The van der Waals surface area contributed by atoms with Gasteiger partial charge in [-0.25, -0.2) is 4.98 Å². The minimum absolute atomic E-state index is 0.0497. The Morgan fingerprint density at radius 2 is 2.17 bits per heavy atom. The molecule has 1 saturated heterocycles. The van der Waals surface area contributed by atoms with Crippen molar-refractivity contribution in [2.24, 2.45) is 5.92 Å². The lowest BCUT2D eigenvalue weighted by Gasteiger charge is -2.20. The molecule has 0 aliphatic carbocycles. The molecule has 4 heterocycles. The molecule has 1 unspecified atom stereocenters. The second kappa shape index (κ2) is 8.86. The fourth-order valence-corrected chi connectivity index (χ4v) is 4.29. The van der Waals surface area contributed by atoms with Crippen molar-refractivity contribution in [2.45, 2.75) is 32.4 Å². The topological polar surface area (TPSA) is 97.5 Å². The van der Waals surface area contributed by atoms with Crippen molar-refractivity contribution < 1.29 is 19.1 Å². The molecule has 0 spiro atoms. The summed E-state index contributed by atoms with van der Waals surface area (Å²) < 4.78 is 10.9. The second-order valence-corrected chi connectivity index (χ2v) is 7.91. The van der Waals surface area contributed by atoms with Gasteiger partial charge in [-0.1, -0.05) is 24.3 Å². The van der Waals surface area contributed by atoms with Gasteiger partial charge < -0.3 is 19.6 Å². The third kappa shape index (κ3) is 4.39. The molecular weight excluding hydrogens is 390 g/mol. The van der Waals surface area contributed by atoms with Gasteiger partial charge in [0.05, 0.1) is 6.26 Å². The number of aryl methyl sites for hydroxylation is 1. The van der Waals surface area contributed by atoms with Crippen LogP contribution in [0.5, 0.6) is 0 Å². The van der Waals surface area contributed by atoms with Crippen molar-refractivity contribution in [3.8, 4) is 11.5 Å². The van der Waals surface area contributed by atoms with Crippen molar-refractivity contribution in [3.63, 3.8) is 0 Å². The normalized spacial score (nSPS) is 15.9. The summed E-state index contributed by atoms with van der Waals surface area (Å²) in [5.74, 6) is 0.503. The zero-order valence-electron chi connectivity index (χ0n) is 16.1. The molecule has 1 aliphatic rings. The number of ketones is 1. The molecule has 0 amide bonds. The van der Waals surface area contributed by atoms with E-state index < -0.39 is 6.23 Å². The molecule has 0 radical (unpaired) electrons. The van der Waals surface area contributed by atoms with Crippen LogP contribution in [-0.2, 0) is 11.2 Å². The number of hydrogen-bond donors (Lipinski definition) is 2. The van der Waals surface area contributed by atoms with E-state index in [0.717, 1.165) is 12.1 Å². The minimum atomic E-state index is -0.977. The summed E-state index contributed by atoms with van der Waals surface area (Å²) in [6.45, 7) is 3.21. The van der Waals surface area contributed by atoms with Crippen molar-refractivity contribution >= 4 is 22.3 Å². The number of furan rings is 1. The summed E-state index contributed by atoms with van der Waals surface area (Å²) in [4.78, 5) is 22.5. The van der Waals surface area contributed by atoms with Crippen LogP contribution >= 0.6 is 11.3 Å². The number of aliphatic hydroxyl groups is 1. The van der Waals surface area contributed by atoms with Gasteiger partial charge in [0.2, 0.25) is 0 Å². The van der Waals surface area contributed by atoms with Crippen molar-refractivity contribution in [1.29, 1.82) is 0 Å². The number of hydrogen-bond acceptors (Lipinski definition) is 8. The van der Waals surface area contributed by atoms with E-state index in [1.807, 2.05) is 19.1 Å². The number of Topliss-reactive ketones (excluding diaryl/α,β-unsaturated/α-hetero) is 1. The molecule has 0 saturated carbocycles. The van der Waals surface area contributed by atoms with Crippen molar-refractivity contribution in [3.05, 3.63) is 52.9 Å². The molecular formula is C21H23N3O4S. The number of thiazole rings is 1. The maximum absolute atomic E-state index is 13.1. The number of pyridine rings is 1. The van der Waals surface area contributed by atoms with Crippen LogP contribution in [0.25, 0.3) is 11.5 Å². The number of anilines is 1. The molecule has 0 bridgehead atoms. The highest BCUT2D eigenvalue weighted by atomic mass is 32.1. The zero-order valence-corrected chi connectivity index (χ0v) is 16.9. The summed E-state index contributed by atoms with van der Waals surface area (Å²) in [5.41, 5.74) is 2.10. The smallest absolute Gasteiger partial charge is 0.186 e. The van der Waals surface area contributed by atoms with E-state index in [1.165, 1.54) is 11.3 Å². The fourth-order valence-electron chi connectivity index (χ4n) is 3.28. The molecule has 152 valence electrons. The van der Waals surface area contributed by atoms with E-state index >= 15 is 0 Å². The SMILES string of the molecule is CCc1ccc(C(O)Nc2nc(-c3ccco3)c(C(=O)C3CCOCC3)s2)cn1. The van der Waals surface area contributed by atoms with Gasteiger partial charge in [0.25, 0.3) is 0 Å². The Hall–Kier alpha value is -2.55. The largest absolute Gasteiger partial charge is 0.463 e. The lowest BCUT2D eigenvalue weighted by Crippen LogP contribution is -2.23. The highest BCUT2D eigenvalue weighted by Gasteiger charge is 2.29. The number of carbonyl (C=O) groups excluding carboxylic acids is 1. The van der Waals surface area contributed by atoms with Gasteiger partial charge in [-0.15, -0.1) is 0 Å². The number of aromatic nitrogens is 2. The molecule has 3 aromatic rings. The number of nitrogens with one attached hydrogen (secondary N) is 1. The predicted octanol–water partition coefficient (Wildman–Crippen LogP) is 4.07. The minimum Gasteiger partial charge on any atom is -0.463 e. The van der Waals surface area contributed by atoms with Crippen LogP contribution in [0.4, 0.5) is 5.13 Å². The molecule has 2 N–H and O–H groups in total. The molecule has 3 aromatic heterocycles. The average Bonchev–Trinajstić information content (AvgIpc) is 3.44. The van der Waals surface area contributed by atoms with Crippen molar-refractivity contribution in [1.82, 2.24) is 9.97 Å². The Morgan fingerprint density at radius 1 is 1.34 bits per heavy atom. The first-order chi connectivity index (χ1) is 14.2. The van der Waals surface area contributed by atoms with E-state index in [4.69, 9.17) is 9.15 Å². The molecule has 0 aromatic carbocycles. The number of carbonyl (C=O) groups is 1. The van der Waals surface area contributed by atoms with E-state index in [-0.39, 0.29) is 11.7 Å². The van der Waals surface area contributed by atoms with Crippen LogP contribution in [0.1, 0.15) is 46.9 Å². The Labute approximate surface area is 172 Å². The Bertz CT molecular complexity index is 947. The first-order valence-electron chi connectivity index (χ1n) is 9.71. The Morgan fingerprint density at radius 3 is 2.83 bits per heavy atom. The van der Waals surface area contributed by atoms with Gasteiger partial charge >= 0.3 is 0 Å². The second-order valence-electron chi connectivity index (χ2n) is 6.91. The molecule has 4 rings (SSSR count). The monoisotopic (exact) mass is 413 g/mol. The first kappa shape index (κ1) is 19.8. The summed E-state index contributed by atoms with van der Waals surface area (Å²) >= 11 is 1.24. The highest BCUT2D eigenvalue weighted by Crippen LogP contribution is 2.36. The molecule has 29 heavy (non-hydrogen) atoms. The number of aliphatic hydroxyl groups excluding tert-OH is 1. The van der Waals surface area contributed by atoms with Crippen LogP contribution < -0.4 is 5.32 Å². The number of nitrogens with zero attached hydrogens (tertiary/aromatic N) is 2. The lowest BCUT2D eigenvalue weighted by atomic mass is 9.94. The van der Waals surface area contributed by atoms with Gasteiger partial charge in [0, 0.05) is 36.6 Å². The lowest BCUT2D eigenvalue weighted by molar-refractivity contribution is 0.0547. The maximum atomic E-state index is 13.1. The number of ether oxygens (including phenoxy) is 1. The first-order valence-corrected chi connectivity index (χ1v) is 10.5. The van der Waals surface area contributed by atoms with Crippen LogP contribution in [-0.4, -0.2) is 34.1 Å². The standard InChI is InChI=1S/C21H23N3O4S/c1-2-15-6-5-14(12-22-15)20(26)24-21-23-17(16-4-3-9-28-16)19(29-21)18(25)13-7-10-27-11-8-13/h3-6,9,12-13,20,26H,2,7-8,10-11H2,1H3,(H,23,24). The molecule has 1 fully saturated rings. The van der Waals surface area contributed by atoms with Gasteiger partial charge in [-0.2, -0.15) is 0 Å². The fraction of sp³-hybridized carbons (Fsp3) is 0.381. The van der Waals surface area contributed by atoms with Crippen LogP contribution in [0, 0.1) is 5.92 Å². The predicted molar refractivity (Wildman–Crippen MR) is 110 cm³/mol. The van der Waals surface area contributed by atoms with Gasteiger partial charge in [-0.05, 0) is 37.5 Å². The molecule has 1 aliphatic heterocycles. The van der Waals surface area contributed by atoms with Gasteiger partial charge in [0.15, 0.2) is 22.9 Å². The summed E-state index contributed by atoms with van der Waals surface area (Å²) in [7, 11) is 0. The Balaban J connectivity index is 1.59.